The van der Waals surface area contributed by atoms with Crippen molar-refractivity contribution in [2.45, 2.75) is 82.9 Å². The van der Waals surface area contributed by atoms with Gasteiger partial charge in [0.15, 0.2) is 5.54 Å². The van der Waals surface area contributed by atoms with Gasteiger partial charge in [-0.2, -0.15) is 0 Å². The van der Waals surface area contributed by atoms with Gasteiger partial charge >= 0.3 is 0 Å². The molecule has 1 unspecified atom stereocenters. The number of amides is 1. The van der Waals surface area contributed by atoms with E-state index in [1.54, 1.807) is 12.0 Å². The van der Waals surface area contributed by atoms with Crippen LogP contribution in [0.4, 0.5) is 0 Å². The fourth-order valence-corrected chi connectivity index (χ4v) is 6.33. The molecular weight excluding hydrogens is 418 g/mol. The van der Waals surface area contributed by atoms with Gasteiger partial charge in [-0.3, -0.25) is 9.69 Å². The van der Waals surface area contributed by atoms with E-state index >= 15 is 0 Å². The second-order valence-electron chi connectivity index (χ2n) is 10.4. The molecule has 1 atom stereocenters. The normalized spacial score (nSPS) is 31.6. The molecule has 1 aliphatic heterocycles. The number of carbonyl (C=O) groups is 1. The van der Waals surface area contributed by atoms with Crippen LogP contribution in [-0.4, -0.2) is 42.6 Å². The molecule has 33 heavy (non-hydrogen) atoms. The van der Waals surface area contributed by atoms with Gasteiger partial charge in [0, 0.05) is 18.6 Å². The third-order valence-corrected chi connectivity index (χ3v) is 8.38. The van der Waals surface area contributed by atoms with Gasteiger partial charge in [-0.15, -0.1) is 0 Å². The van der Waals surface area contributed by atoms with E-state index in [-0.39, 0.29) is 23.5 Å². The topological polar surface area (TPSA) is 102 Å². The first-order valence-electron chi connectivity index (χ1n) is 12.3. The van der Waals surface area contributed by atoms with Gasteiger partial charge in [0.2, 0.25) is 0 Å². The number of rotatable bonds is 5. The third kappa shape index (κ3) is 3.36. The summed E-state index contributed by atoms with van der Waals surface area (Å²) in [6, 6.07) is 6.15. The Bertz CT molecular complexity index is 978. The fourth-order valence-electron chi connectivity index (χ4n) is 6.33. The van der Waals surface area contributed by atoms with Crippen molar-refractivity contribution < 1.29 is 14.3 Å². The number of hydrogen-bond acceptors (Lipinski definition) is 6. The summed E-state index contributed by atoms with van der Waals surface area (Å²) in [7, 11) is 1.77. The Morgan fingerprint density at radius 2 is 2.00 bits per heavy atom. The number of aliphatic imine (C=N–C) groups is 1. The van der Waals surface area contributed by atoms with Crippen molar-refractivity contribution in [1.82, 2.24) is 4.90 Å². The lowest BCUT2D eigenvalue weighted by atomic mass is 9.61. The molecule has 3 aliphatic carbocycles. The number of ether oxygens (including phenoxy) is 2. The first-order valence-corrected chi connectivity index (χ1v) is 12.3. The van der Waals surface area contributed by atoms with Crippen molar-refractivity contribution in [1.29, 1.82) is 0 Å². The lowest BCUT2D eigenvalue weighted by Gasteiger charge is -2.45. The van der Waals surface area contributed by atoms with E-state index in [4.69, 9.17) is 20.3 Å². The Hall–Kier alpha value is -2.48. The van der Waals surface area contributed by atoms with Crippen LogP contribution in [0.5, 0.6) is 5.75 Å². The molecule has 1 aromatic carbocycles. The first kappa shape index (κ1) is 22.3. The molecule has 4 aliphatic rings. The first-order chi connectivity index (χ1) is 15.9. The Kier molecular flexibility index (Phi) is 5.67. The molecule has 178 valence electrons. The molecule has 8 heteroatoms. The summed E-state index contributed by atoms with van der Waals surface area (Å²) >= 11 is 0. The van der Waals surface area contributed by atoms with Crippen LogP contribution in [0.2, 0.25) is 0 Å². The molecule has 1 amide bonds. The zero-order valence-corrected chi connectivity index (χ0v) is 19.9. The van der Waals surface area contributed by atoms with E-state index in [1.807, 2.05) is 13.8 Å². The molecule has 8 nitrogen and oxygen atoms in total. The van der Waals surface area contributed by atoms with Crippen molar-refractivity contribution in [3.8, 4) is 5.75 Å². The number of fused-ring (bicyclic) bond motifs is 3. The monoisotopic (exact) mass is 453 g/mol. The number of nitrogens with two attached hydrogens (primary N) is 1. The van der Waals surface area contributed by atoms with Crippen LogP contribution >= 0.6 is 0 Å². The van der Waals surface area contributed by atoms with Crippen LogP contribution in [0.15, 0.2) is 33.5 Å². The second-order valence-corrected chi connectivity index (χ2v) is 10.4. The summed E-state index contributed by atoms with van der Waals surface area (Å²) in [5.74, 6) is 7.16. The number of guanidine groups is 1. The summed E-state index contributed by atoms with van der Waals surface area (Å²) in [6.45, 7) is 4.68. The van der Waals surface area contributed by atoms with Crippen LogP contribution in [0.3, 0.4) is 0 Å². The number of carbonyl (C=O) groups excluding carboxylic acids is 1. The van der Waals surface area contributed by atoms with Gasteiger partial charge in [0.25, 0.3) is 11.9 Å². The van der Waals surface area contributed by atoms with Crippen molar-refractivity contribution in [2.75, 3.05) is 13.7 Å². The standard InChI is InChI=1S/C25H35N5O3/c1-16(2)30-22(31)25(27-23(30)28-29-26)21-13-20(33-15-17-5-4-6-17)8-7-18(21)14-24(25)11-9-19(32-3)10-12-24/h7-8,13,16-17,19H,4-6,9-12,14-15H2,1-3H3,(H2,26,27,28). The highest BCUT2D eigenvalue weighted by Gasteiger charge is 2.67. The highest BCUT2D eigenvalue weighted by atomic mass is 16.5. The molecule has 0 aromatic heterocycles. The predicted octanol–water partition coefficient (Wildman–Crippen LogP) is 4.12. The zero-order chi connectivity index (χ0) is 23.2. The summed E-state index contributed by atoms with van der Waals surface area (Å²) < 4.78 is 11.8. The lowest BCUT2D eigenvalue weighted by Crippen LogP contribution is -2.53. The minimum absolute atomic E-state index is 0.0225. The Morgan fingerprint density at radius 1 is 1.24 bits per heavy atom. The highest BCUT2D eigenvalue weighted by molar-refractivity contribution is 6.09. The summed E-state index contributed by atoms with van der Waals surface area (Å²) in [4.78, 5) is 21.0. The molecule has 2 spiro atoms. The zero-order valence-electron chi connectivity index (χ0n) is 19.9. The van der Waals surface area contributed by atoms with E-state index in [0.717, 1.165) is 50.0 Å². The fraction of sp³-hybridized carbons (Fsp3) is 0.680. The molecule has 2 fully saturated rings. The lowest BCUT2D eigenvalue weighted by molar-refractivity contribution is -0.139. The van der Waals surface area contributed by atoms with Crippen molar-refractivity contribution in [3.63, 3.8) is 0 Å². The maximum Gasteiger partial charge on any atom is 0.262 e. The minimum Gasteiger partial charge on any atom is -0.493 e. The average Bonchev–Trinajstić information content (AvgIpc) is 3.21. The smallest absolute Gasteiger partial charge is 0.262 e. The molecule has 2 saturated carbocycles. The highest BCUT2D eigenvalue weighted by Crippen LogP contribution is 2.62. The quantitative estimate of drug-likeness (QED) is 0.411. The van der Waals surface area contributed by atoms with E-state index in [0.29, 0.717) is 11.9 Å². The summed E-state index contributed by atoms with van der Waals surface area (Å²) in [6.07, 6.45) is 8.36. The van der Waals surface area contributed by atoms with Crippen molar-refractivity contribution in [3.05, 3.63) is 29.3 Å². The van der Waals surface area contributed by atoms with Crippen LogP contribution in [0, 0.1) is 11.3 Å². The second kappa shape index (κ2) is 8.38. The van der Waals surface area contributed by atoms with Crippen LogP contribution in [0.1, 0.15) is 69.9 Å². The third-order valence-electron chi connectivity index (χ3n) is 8.38. The number of methoxy groups -OCH3 is 1. The Labute approximate surface area is 195 Å². The van der Waals surface area contributed by atoms with Crippen molar-refractivity contribution in [2.24, 2.45) is 32.5 Å². The summed E-state index contributed by atoms with van der Waals surface area (Å²) in [5.41, 5.74) is 0.800. The van der Waals surface area contributed by atoms with Crippen LogP contribution < -0.4 is 10.6 Å². The number of nitrogens with zero attached hydrogens (tertiary/aromatic N) is 4. The van der Waals surface area contributed by atoms with Crippen LogP contribution in [-0.2, 0) is 21.5 Å². The van der Waals surface area contributed by atoms with Crippen LogP contribution in [0.25, 0.3) is 0 Å². The minimum atomic E-state index is -1.02. The number of benzene rings is 1. The maximum absolute atomic E-state index is 14.3. The van der Waals surface area contributed by atoms with E-state index in [1.165, 1.54) is 24.8 Å². The molecule has 0 bridgehead atoms. The molecule has 5 rings (SSSR count). The average molecular weight is 454 g/mol. The van der Waals surface area contributed by atoms with Gasteiger partial charge in [-0.05, 0) is 88.0 Å². The van der Waals surface area contributed by atoms with Gasteiger partial charge in [0.1, 0.15) is 5.75 Å². The van der Waals surface area contributed by atoms with E-state index < -0.39 is 5.54 Å². The van der Waals surface area contributed by atoms with Gasteiger partial charge < -0.3 is 15.3 Å². The van der Waals surface area contributed by atoms with E-state index in [9.17, 15) is 4.79 Å². The summed E-state index contributed by atoms with van der Waals surface area (Å²) in [5, 5.41) is 7.57. The molecule has 0 radical (unpaired) electrons. The van der Waals surface area contributed by atoms with Crippen molar-refractivity contribution >= 4 is 11.9 Å². The Balaban J connectivity index is 1.60. The molecule has 2 N–H and O–H groups in total. The Morgan fingerprint density at radius 3 is 2.61 bits per heavy atom. The van der Waals surface area contributed by atoms with Gasteiger partial charge in [0.05, 0.1) is 12.7 Å². The largest absolute Gasteiger partial charge is 0.493 e. The SMILES string of the molecule is COC1CCC2(CC1)Cc1ccc(OCC3CCC3)cc1C21N=C(N=NN)N(C(C)C)C1=O. The number of hydrogen-bond donors (Lipinski definition) is 1. The van der Waals surface area contributed by atoms with Gasteiger partial charge in [-0.25, -0.2) is 4.99 Å². The molecule has 1 heterocycles. The van der Waals surface area contributed by atoms with Gasteiger partial charge in [-0.1, -0.05) is 22.8 Å². The molecule has 1 aromatic rings. The molecular formula is C25H35N5O3. The van der Waals surface area contributed by atoms with E-state index in [2.05, 4.69) is 28.5 Å². The molecule has 0 saturated heterocycles. The maximum atomic E-state index is 14.3. The predicted molar refractivity (Wildman–Crippen MR) is 125 cm³/mol.